The molecule has 0 saturated heterocycles. The predicted molar refractivity (Wildman–Crippen MR) is 225 cm³/mol. The number of furan rings is 1. The summed E-state index contributed by atoms with van der Waals surface area (Å²) >= 11 is 0.970. The Kier molecular flexibility index (Phi) is 5.22. The number of hydrogen-bond acceptors (Lipinski definition) is 5. The number of aromatic nitrogens is 3. The van der Waals surface area contributed by atoms with Crippen LogP contribution in [-0.2, 0) is 0 Å². The molecule has 0 aliphatic heterocycles. The maximum atomic E-state index is 9.69. The van der Waals surface area contributed by atoms with E-state index in [1.54, 1.807) is 0 Å². The predicted octanol–water partition coefficient (Wildman–Crippen LogP) is 13.6. The Morgan fingerprint density at radius 1 is 0.463 bits per heavy atom. The second-order valence-corrected chi connectivity index (χ2v) is 13.9. The molecule has 0 aliphatic carbocycles. The van der Waals surface area contributed by atoms with E-state index in [1.807, 2.05) is 103 Å². The van der Waals surface area contributed by atoms with Gasteiger partial charge in [0.2, 0.25) is 0 Å². The molecule has 0 atom stereocenters. The molecule has 0 unspecified atom stereocenters. The normalized spacial score (nSPS) is 14.0. The molecule has 0 spiro atoms. The van der Waals surface area contributed by atoms with Crippen molar-refractivity contribution in [2.75, 3.05) is 0 Å². The Morgan fingerprint density at radius 3 is 1.96 bits per heavy atom. The van der Waals surface area contributed by atoms with Gasteiger partial charge in [0, 0.05) is 47.6 Å². The van der Waals surface area contributed by atoms with Gasteiger partial charge < -0.3 is 4.42 Å². The molecule has 0 bridgehead atoms. The average molecular weight is 717 g/mol. The first-order valence-corrected chi connectivity index (χ1v) is 18.1. The highest BCUT2D eigenvalue weighted by Gasteiger charge is 2.18. The smallest absolute Gasteiger partial charge is 0.164 e. The lowest BCUT2D eigenvalue weighted by Crippen LogP contribution is -2.00. The third-order valence-corrected chi connectivity index (χ3v) is 10.8. The number of benzene rings is 8. The van der Waals surface area contributed by atoms with Gasteiger partial charge in [0.15, 0.2) is 17.5 Å². The summed E-state index contributed by atoms with van der Waals surface area (Å²) in [5.74, 6) is 0.427. The first kappa shape index (κ1) is 22.9. The van der Waals surface area contributed by atoms with Gasteiger partial charge in [-0.25, -0.2) is 15.0 Å². The van der Waals surface area contributed by atoms with Crippen molar-refractivity contribution in [3.63, 3.8) is 0 Å². The minimum atomic E-state index is -0.522. The minimum Gasteiger partial charge on any atom is -0.456 e. The van der Waals surface area contributed by atoms with Gasteiger partial charge in [0.05, 0.1) is 12.3 Å². The van der Waals surface area contributed by atoms with Crippen molar-refractivity contribution in [1.29, 1.82) is 0 Å². The highest BCUT2D eigenvalue weighted by Crippen LogP contribution is 2.41. The third kappa shape index (κ3) is 5.09. The van der Waals surface area contributed by atoms with Gasteiger partial charge >= 0.3 is 0 Å². The molecule has 0 N–H and O–H groups in total. The van der Waals surface area contributed by atoms with Gasteiger partial charge in [-0.1, -0.05) is 139 Å². The summed E-state index contributed by atoms with van der Waals surface area (Å²) in [7, 11) is 0. The molecule has 11 aromatic rings. The van der Waals surface area contributed by atoms with Crippen LogP contribution in [0.25, 0.3) is 109 Å². The van der Waals surface area contributed by atoms with E-state index < -0.39 is 24.2 Å². The Morgan fingerprint density at radius 2 is 1.15 bits per heavy atom. The molecule has 5 heteroatoms. The van der Waals surface area contributed by atoms with Crippen molar-refractivity contribution in [2.24, 2.45) is 0 Å². The fourth-order valence-corrected chi connectivity index (χ4v) is 8.11. The third-order valence-electron chi connectivity index (χ3n) is 9.64. The van der Waals surface area contributed by atoms with Gasteiger partial charge in [-0.15, -0.1) is 11.3 Å². The first-order valence-electron chi connectivity index (χ1n) is 21.8. The van der Waals surface area contributed by atoms with Crippen LogP contribution in [0.15, 0.2) is 180 Å². The standard InChI is InChI=1S/C49H29N3OS/c1-3-10-30(11-4-1)31-18-20-34(21-19-31)47-50-48(35-24-27-44-41(28-35)39-25-22-33-14-7-8-15-38(33)46(39)54-44)52-49(51-47)36-23-26-40-43(29-36)53-42-17-9-16-37(45(40)42)32-12-5-2-6-13-32/h1-29H/i7D,8D,14D,15D,22D,24D,25D,27D,28D. The topological polar surface area (TPSA) is 51.8 Å². The van der Waals surface area contributed by atoms with Crippen LogP contribution in [0.2, 0.25) is 0 Å². The maximum absolute atomic E-state index is 9.69. The highest BCUT2D eigenvalue weighted by atomic mass is 32.1. The molecule has 3 aromatic heterocycles. The fourth-order valence-electron chi connectivity index (χ4n) is 7.03. The molecular weight excluding hydrogens is 679 g/mol. The van der Waals surface area contributed by atoms with E-state index in [2.05, 4.69) is 18.2 Å². The van der Waals surface area contributed by atoms with Crippen molar-refractivity contribution in [3.05, 3.63) is 176 Å². The van der Waals surface area contributed by atoms with Crippen LogP contribution in [0.4, 0.5) is 0 Å². The summed E-state index contributed by atoms with van der Waals surface area (Å²) in [6, 6.07) is 35.9. The number of fused-ring (bicyclic) bond motifs is 8. The van der Waals surface area contributed by atoms with Gasteiger partial charge in [0.25, 0.3) is 0 Å². The molecular formula is C49H29N3OS. The highest BCUT2D eigenvalue weighted by molar-refractivity contribution is 7.26. The van der Waals surface area contributed by atoms with Crippen molar-refractivity contribution in [1.82, 2.24) is 15.0 Å². The second-order valence-electron chi connectivity index (χ2n) is 12.9. The maximum Gasteiger partial charge on any atom is 0.164 e. The molecule has 0 fully saturated rings. The fraction of sp³-hybridized carbons (Fsp3) is 0. The molecule has 0 saturated carbocycles. The summed E-state index contributed by atoms with van der Waals surface area (Å²) in [5.41, 5.74) is 6.52. The zero-order valence-electron chi connectivity index (χ0n) is 37.2. The number of hydrogen-bond donors (Lipinski definition) is 0. The number of nitrogens with zero attached hydrogens (tertiary/aromatic N) is 3. The van der Waals surface area contributed by atoms with Crippen molar-refractivity contribution in [2.45, 2.75) is 0 Å². The zero-order chi connectivity index (χ0) is 43.4. The van der Waals surface area contributed by atoms with Gasteiger partial charge in [-0.2, -0.15) is 0 Å². The van der Waals surface area contributed by atoms with Crippen molar-refractivity contribution >= 4 is 64.2 Å². The summed E-state index contributed by atoms with van der Waals surface area (Å²) in [6.07, 6.45) is 0. The van der Waals surface area contributed by atoms with E-state index >= 15 is 0 Å². The minimum absolute atomic E-state index is 0.0330. The van der Waals surface area contributed by atoms with Crippen molar-refractivity contribution < 1.29 is 16.8 Å². The Labute approximate surface area is 327 Å². The second kappa shape index (κ2) is 12.3. The molecule has 4 nitrogen and oxygen atoms in total. The lowest BCUT2D eigenvalue weighted by molar-refractivity contribution is 0.669. The van der Waals surface area contributed by atoms with Crippen LogP contribution < -0.4 is 0 Å². The van der Waals surface area contributed by atoms with Gasteiger partial charge in [0.1, 0.15) is 11.2 Å². The van der Waals surface area contributed by atoms with E-state index in [0.717, 1.165) is 44.4 Å². The largest absolute Gasteiger partial charge is 0.456 e. The van der Waals surface area contributed by atoms with E-state index in [9.17, 15) is 4.11 Å². The Bertz CT molecular complexity index is 3730. The SMILES string of the molecule is [2H]c1c(-c2nc(-c3ccc(-c4ccccc4)cc3)nc(-c3ccc4c(c3)oc3cccc(-c5ccccc5)c34)n2)c([2H])c2c(sc3c4c([2H])c([2H])c([2H])c([2H])c4c([2H])c([2H])c32)c1[2H]. The van der Waals surface area contributed by atoms with E-state index in [1.165, 1.54) is 0 Å². The van der Waals surface area contributed by atoms with Crippen molar-refractivity contribution in [3.8, 4) is 56.4 Å². The Balaban J connectivity index is 1.16. The van der Waals surface area contributed by atoms with Crippen LogP contribution in [-0.4, -0.2) is 15.0 Å². The molecule has 0 amide bonds. The van der Waals surface area contributed by atoms with Crippen LogP contribution in [0.3, 0.4) is 0 Å². The van der Waals surface area contributed by atoms with Crippen LogP contribution >= 0.6 is 11.3 Å². The van der Waals surface area contributed by atoms with E-state index in [0.29, 0.717) is 22.3 Å². The van der Waals surface area contributed by atoms with Crippen LogP contribution in [0, 0.1) is 0 Å². The lowest BCUT2D eigenvalue weighted by atomic mass is 9.99. The first-order chi connectivity index (χ1) is 30.5. The molecule has 11 rings (SSSR count). The summed E-state index contributed by atoms with van der Waals surface area (Å²) < 4.78 is 87.2. The quantitative estimate of drug-likeness (QED) is 0.178. The lowest BCUT2D eigenvalue weighted by Gasteiger charge is -2.10. The summed E-state index contributed by atoms with van der Waals surface area (Å²) in [4.78, 5) is 14.7. The molecule has 0 aliphatic rings. The summed E-state index contributed by atoms with van der Waals surface area (Å²) in [6.45, 7) is 0. The van der Waals surface area contributed by atoms with Gasteiger partial charge in [-0.3, -0.25) is 0 Å². The van der Waals surface area contributed by atoms with Crippen LogP contribution in [0.5, 0.6) is 0 Å². The average Bonchev–Trinajstić information content (AvgIpc) is 3.91. The summed E-state index contributed by atoms with van der Waals surface area (Å²) in [5, 5.41) is 1.97. The molecule has 54 heavy (non-hydrogen) atoms. The zero-order valence-corrected chi connectivity index (χ0v) is 29.0. The van der Waals surface area contributed by atoms with Gasteiger partial charge in [-0.05, 0) is 69.4 Å². The monoisotopic (exact) mass is 716 g/mol. The molecule has 252 valence electrons. The number of thiophene rings is 1. The molecule has 8 aromatic carbocycles. The van der Waals surface area contributed by atoms with E-state index in [4.69, 9.17) is 27.6 Å². The number of rotatable bonds is 5. The molecule has 0 radical (unpaired) electrons. The molecule has 3 heterocycles. The van der Waals surface area contributed by atoms with Crippen LogP contribution in [0.1, 0.15) is 12.3 Å². The van der Waals surface area contributed by atoms with E-state index in [-0.39, 0.29) is 84.2 Å². The Hall–Kier alpha value is -6.95.